The number of carbonyl (C=O) groups excluding carboxylic acids is 1. The lowest BCUT2D eigenvalue weighted by Gasteiger charge is -2.14. The Morgan fingerprint density at radius 2 is 2.32 bits per heavy atom. The zero-order chi connectivity index (χ0) is 15.8. The first-order valence-electron chi connectivity index (χ1n) is 7.88. The standard InChI is InChI=1S/C15H24N4OS2/c1-3-16-14-18-19-15(22-14)21-11(2)13(20)17-10-9-12-7-5-4-6-8-12/h7,11H,3-6,8-10H2,1-2H3,(H,16,18)(H,17,20)/t11-/m0/s1. The van der Waals surface area contributed by atoms with Crippen molar-refractivity contribution in [3.8, 4) is 0 Å². The van der Waals surface area contributed by atoms with Crippen LogP contribution in [0.25, 0.3) is 0 Å². The first-order chi connectivity index (χ1) is 10.7. The average molecular weight is 341 g/mol. The Morgan fingerprint density at radius 1 is 1.45 bits per heavy atom. The van der Waals surface area contributed by atoms with Gasteiger partial charge in [0.25, 0.3) is 0 Å². The smallest absolute Gasteiger partial charge is 0.233 e. The van der Waals surface area contributed by atoms with Crippen molar-refractivity contribution in [1.29, 1.82) is 0 Å². The van der Waals surface area contributed by atoms with Gasteiger partial charge in [-0.15, -0.1) is 10.2 Å². The molecular weight excluding hydrogens is 316 g/mol. The lowest BCUT2D eigenvalue weighted by molar-refractivity contribution is -0.120. The molecule has 1 amide bonds. The van der Waals surface area contributed by atoms with E-state index < -0.39 is 0 Å². The van der Waals surface area contributed by atoms with Crippen LogP contribution in [-0.4, -0.2) is 34.4 Å². The zero-order valence-corrected chi connectivity index (χ0v) is 14.9. The van der Waals surface area contributed by atoms with Gasteiger partial charge in [0, 0.05) is 13.1 Å². The molecule has 1 aromatic rings. The highest BCUT2D eigenvalue weighted by Gasteiger charge is 2.17. The third kappa shape index (κ3) is 5.61. The van der Waals surface area contributed by atoms with Crippen LogP contribution in [0.1, 0.15) is 46.0 Å². The SMILES string of the molecule is CCNc1nnc(S[C@@H](C)C(=O)NCCC2=CCCCC2)s1. The van der Waals surface area contributed by atoms with Gasteiger partial charge in [0.05, 0.1) is 5.25 Å². The van der Waals surface area contributed by atoms with Crippen LogP contribution in [0.5, 0.6) is 0 Å². The van der Waals surface area contributed by atoms with Crippen LogP contribution in [0.4, 0.5) is 5.13 Å². The number of nitrogens with zero attached hydrogens (tertiary/aromatic N) is 2. The Kier molecular flexibility index (Phi) is 7.18. The summed E-state index contributed by atoms with van der Waals surface area (Å²) < 4.78 is 0.827. The summed E-state index contributed by atoms with van der Waals surface area (Å²) in [7, 11) is 0. The van der Waals surface area contributed by atoms with Gasteiger partial charge in [0.15, 0.2) is 4.34 Å². The fourth-order valence-electron chi connectivity index (χ4n) is 2.31. The van der Waals surface area contributed by atoms with E-state index in [1.54, 1.807) is 0 Å². The lowest BCUT2D eigenvalue weighted by Crippen LogP contribution is -2.31. The summed E-state index contributed by atoms with van der Waals surface area (Å²) in [5.74, 6) is 0.0709. The van der Waals surface area contributed by atoms with E-state index in [4.69, 9.17) is 0 Å². The summed E-state index contributed by atoms with van der Waals surface area (Å²) in [6, 6.07) is 0. The first kappa shape index (κ1) is 17.3. The highest BCUT2D eigenvalue weighted by Crippen LogP contribution is 2.28. The minimum absolute atomic E-state index is 0.0709. The maximum Gasteiger partial charge on any atom is 0.233 e. The molecule has 1 aromatic heterocycles. The second-order valence-corrected chi connectivity index (χ2v) is 7.88. The van der Waals surface area contributed by atoms with Gasteiger partial charge in [-0.3, -0.25) is 4.79 Å². The Bertz CT molecular complexity index is 515. The van der Waals surface area contributed by atoms with Crippen molar-refractivity contribution >= 4 is 34.1 Å². The Morgan fingerprint density at radius 3 is 3.05 bits per heavy atom. The van der Waals surface area contributed by atoms with Gasteiger partial charge in [-0.2, -0.15) is 0 Å². The van der Waals surface area contributed by atoms with E-state index in [2.05, 4.69) is 26.9 Å². The van der Waals surface area contributed by atoms with E-state index in [1.807, 2.05) is 13.8 Å². The number of thioether (sulfide) groups is 1. The number of allylic oxidation sites excluding steroid dienone is 1. The van der Waals surface area contributed by atoms with Gasteiger partial charge in [-0.1, -0.05) is 34.7 Å². The third-order valence-corrected chi connectivity index (χ3v) is 5.58. The highest BCUT2D eigenvalue weighted by atomic mass is 32.2. The molecule has 122 valence electrons. The Hall–Kier alpha value is -1.08. The molecule has 0 spiro atoms. The number of aromatic nitrogens is 2. The molecule has 0 bridgehead atoms. The van der Waals surface area contributed by atoms with Crippen LogP contribution in [0.3, 0.4) is 0 Å². The quantitative estimate of drug-likeness (QED) is 0.560. The maximum absolute atomic E-state index is 12.1. The van der Waals surface area contributed by atoms with Gasteiger partial charge in [-0.25, -0.2) is 0 Å². The Balaban J connectivity index is 1.70. The summed E-state index contributed by atoms with van der Waals surface area (Å²) in [4.78, 5) is 12.1. The Labute approximate surface area is 140 Å². The van der Waals surface area contributed by atoms with E-state index in [-0.39, 0.29) is 11.2 Å². The summed E-state index contributed by atoms with van der Waals surface area (Å²) in [5.41, 5.74) is 1.49. The molecule has 0 aliphatic heterocycles. The van der Waals surface area contributed by atoms with Crippen LogP contribution < -0.4 is 10.6 Å². The van der Waals surface area contributed by atoms with Crippen LogP contribution in [0.2, 0.25) is 0 Å². The normalized spacial score (nSPS) is 16.0. The summed E-state index contributed by atoms with van der Waals surface area (Å²) in [6.07, 6.45) is 8.29. The lowest BCUT2D eigenvalue weighted by atomic mass is 9.97. The van der Waals surface area contributed by atoms with Crippen LogP contribution in [0.15, 0.2) is 16.0 Å². The molecule has 0 saturated carbocycles. The summed E-state index contributed by atoms with van der Waals surface area (Å²) in [5, 5.41) is 14.9. The second kappa shape index (κ2) is 9.15. The van der Waals surface area contributed by atoms with Gasteiger partial charge < -0.3 is 10.6 Å². The van der Waals surface area contributed by atoms with E-state index in [9.17, 15) is 4.79 Å². The van der Waals surface area contributed by atoms with Crippen molar-refractivity contribution in [2.45, 2.75) is 55.5 Å². The van der Waals surface area contributed by atoms with E-state index in [0.29, 0.717) is 0 Å². The molecule has 1 atom stereocenters. The van der Waals surface area contributed by atoms with Gasteiger partial charge in [0.1, 0.15) is 0 Å². The van der Waals surface area contributed by atoms with Gasteiger partial charge in [0.2, 0.25) is 11.0 Å². The average Bonchev–Trinajstić information content (AvgIpc) is 2.96. The molecule has 7 heteroatoms. The summed E-state index contributed by atoms with van der Waals surface area (Å²) in [6.45, 7) is 5.49. The molecule has 1 aliphatic rings. The van der Waals surface area contributed by atoms with Crippen molar-refractivity contribution < 1.29 is 4.79 Å². The third-order valence-electron chi connectivity index (χ3n) is 3.51. The van der Waals surface area contributed by atoms with Crippen LogP contribution in [0, 0.1) is 0 Å². The fourth-order valence-corrected chi connectivity index (χ4v) is 4.29. The first-order valence-corrected chi connectivity index (χ1v) is 9.58. The topological polar surface area (TPSA) is 66.9 Å². The molecule has 0 saturated heterocycles. The van der Waals surface area contributed by atoms with Crippen molar-refractivity contribution in [3.63, 3.8) is 0 Å². The van der Waals surface area contributed by atoms with Crippen LogP contribution >= 0.6 is 23.1 Å². The van der Waals surface area contributed by atoms with Crippen molar-refractivity contribution in [2.75, 3.05) is 18.4 Å². The van der Waals surface area contributed by atoms with E-state index in [0.717, 1.165) is 29.0 Å². The van der Waals surface area contributed by atoms with Gasteiger partial charge in [-0.05, 0) is 46.0 Å². The van der Waals surface area contributed by atoms with Crippen molar-refractivity contribution in [1.82, 2.24) is 15.5 Å². The molecule has 1 heterocycles. The van der Waals surface area contributed by atoms with Gasteiger partial charge >= 0.3 is 0 Å². The maximum atomic E-state index is 12.1. The molecule has 0 aromatic carbocycles. The minimum Gasteiger partial charge on any atom is -0.360 e. The molecule has 2 rings (SSSR count). The number of nitrogens with one attached hydrogen (secondary N) is 2. The minimum atomic E-state index is -0.150. The largest absolute Gasteiger partial charge is 0.360 e. The number of carbonyl (C=O) groups is 1. The predicted octanol–water partition coefficient (Wildman–Crippen LogP) is 3.46. The fraction of sp³-hybridized carbons (Fsp3) is 0.667. The summed E-state index contributed by atoms with van der Waals surface area (Å²) >= 11 is 2.95. The number of hydrogen-bond acceptors (Lipinski definition) is 6. The molecule has 0 unspecified atom stereocenters. The number of amides is 1. The molecule has 0 fully saturated rings. The monoisotopic (exact) mass is 340 g/mol. The van der Waals surface area contributed by atoms with E-state index in [1.165, 1.54) is 54.4 Å². The van der Waals surface area contributed by atoms with E-state index >= 15 is 0 Å². The molecule has 1 aliphatic carbocycles. The molecule has 0 radical (unpaired) electrons. The predicted molar refractivity (Wildman–Crippen MR) is 93.6 cm³/mol. The van der Waals surface area contributed by atoms with Crippen molar-refractivity contribution in [3.05, 3.63) is 11.6 Å². The molecule has 22 heavy (non-hydrogen) atoms. The molecule has 5 nitrogen and oxygen atoms in total. The highest BCUT2D eigenvalue weighted by molar-refractivity contribution is 8.02. The molecular formula is C15H24N4OS2. The number of rotatable bonds is 8. The zero-order valence-electron chi connectivity index (χ0n) is 13.2. The van der Waals surface area contributed by atoms with Crippen LogP contribution in [-0.2, 0) is 4.79 Å². The number of anilines is 1. The molecule has 2 N–H and O–H groups in total. The van der Waals surface area contributed by atoms with Crippen molar-refractivity contribution in [2.24, 2.45) is 0 Å². The second-order valence-electron chi connectivity index (χ2n) is 5.31. The number of hydrogen-bond donors (Lipinski definition) is 2.